The fraction of sp³-hybridized carbons (Fsp3) is 1.00. The van der Waals surface area contributed by atoms with Gasteiger partial charge in [-0.05, 0) is 26.1 Å². The molecule has 0 heterocycles. The SMILES string of the molecule is CCNCCCN.Cl.Cl. The molecule has 0 radical (unpaired) electrons. The maximum Gasteiger partial charge on any atom is -0.00370 e. The monoisotopic (exact) mass is 174 g/mol. The van der Waals surface area contributed by atoms with Gasteiger partial charge in [0, 0.05) is 0 Å². The zero-order valence-corrected chi connectivity index (χ0v) is 7.36. The minimum Gasteiger partial charge on any atom is -0.330 e. The van der Waals surface area contributed by atoms with E-state index >= 15 is 0 Å². The molecule has 0 aromatic carbocycles. The molecule has 0 atom stereocenters. The van der Waals surface area contributed by atoms with Crippen molar-refractivity contribution in [2.45, 2.75) is 13.3 Å². The van der Waals surface area contributed by atoms with Crippen molar-refractivity contribution in [1.29, 1.82) is 0 Å². The minimum atomic E-state index is 0. The molecule has 4 heteroatoms. The van der Waals surface area contributed by atoms with Gasteiger partial charge in [-0.1, -0.05) is 6.92 Å². The highest BCUT2D eigenvalue weighted by Gasteiger charge is 1.77. The normalized spacial score (nSPS) is 7.33. The maximum absolute atomic E-state index is 5.23. The summed E-state index contributed by atoms with van der Waals surface area (Å²) in [4.78, 5) is 0. The van der Waals surface area contributed by atoms with Crippen molar-refractivity contribution < 1.29 is 0 Å². The molecule has 0 saturated heterocycles. The smallest absolute Gasteiger partial charge is 0.00370 e. The van der Waals surface area contributed by atoms with Crippen LogP contribution in [0.5, 0.6) is 0 Å². The van der Waals surface area contributed by atoms with Crippen LogP contribution in [-0.4, -0.2) is 19.6 Å². The number of halogens is 2. The second-order valence-electron chi connectivity index (χ2n) is 1.50. The van der Waals surface area contributed by atoms with E-state index in [1.54, 1.807) is 0 Å². The van der Waals surface area contributed by atoms with Crippen LogP contribution in [0.3, 0.4) is 0 Å². The average Bonchev–Trinajstić information content (AvgIpc) is 1.69. The molecule has 60 valence electrons. The molecule has 0 fully saturated rings. The van der Waals surface area contributed by atoms with E-state index in [-0.39, 0.29) is 24.8 Å². The van der Waals surface area contributed by atoms with Crippen molar-refractivity contribution >= 4 is 24.8 Å². The Labute approximate surface area is 69.4 Å². The van der Waals surface area contributed by atoms with E-state index in [1.807, 2.05) is 0 Å². The summed E-state index contributed by atoms with van der Waals surface area (Å²) in [5.41, 5.74) is 5.23. The summed E-state index contributed by atoms with van der Waals surface area (Å²) < 4.78 is 0. The first-order valence-corrected chi connectivity index (χ1v) is 2.82. The number of rotatable bonds is 4. The lowest BCUT2D eigenvalue weighted by atomic mass is 10.4. The summed E-state index contributed by atoms with van der Waals surface area (Å²) in [5.74, 6) is 0. The Morgan fingerprint density at radius 2 is 1.89 bits per heavy atom. The lowest BCUT2D eigenvalue weighted by Crippen LogP contribution is -2.17. The lowest BCUT2D eigenvalue weighted by Gasteiger charge is -1.95. The van der Waals surface area contributed by atoms with Crippen molar-refractivity contribution in [1.82, 2.24) is 5.32 Å². The number of hydrogen-bond acceptors (Lipinski definition) is 2. The van der Waals surface area contributed by atoms with Gasteiger partial charge >= 0.3 is 0 Å². The minimum absolute atomic E-state index is 0. The van der Waals surface area contributed by atoms with Gasteiger partial charge in [-0.15, -0.1) is 24.8 Å². The van der Waals surface area contributed by atoms with E-state index in [0.29, 0.717) is 0 Å². The van der Waals surface area contributed by atoms with Crippen LogP contribution in [-0.2, 0) is 0 Å². The molecule has 2 nitrogen and oxygen atoms in total. The maximum atomic E-state index is 5.23. The second kappa shape index (κ2) is 15.8. The summed E-state index contributed by atoms with van der Waals surface area (Å²) in [6.07, 6.45) is 1.09. The third-order valence-electron chi connectivity index (χ3n) is 0.808. The van der Waals surface area contributed by atoms with Crippen LogP contribution >= 0.6 is 24.8 Å². The predicted octanol–water partition coefficient (Wildman–Crippen LogP) is 0.788. The van der Waals surface area contributed by atoms with E-state index in [1.165, 1.54) is 0 Å². The Hall–Kier alpha value is 0.500. The third kappa shape index (κ3) is 17.7. The summed E-state index contributed by atoms with van der Waals surface area (Å²) in [6, 6.07) is 0. The van der Waals surface area contributed by atoms with Crippen LogP contribution in [0.4, 0.5) is 0 Å². The highest BCUT2D eigenvalue weighted by Crippen LogP contribution is 1.66. The summed E-state index contributed by atoms with van der Waals surface area (Å²) in [7, 11) is 0. The Morgan fingerprint density at radius 3 is 2.22 bits per heavy atom. The third-order valence-corrected chi connectivity index (χ3v) is 0.808. The molecule has 0 aliphatic heterocycles. The average molecular weight is 175 g/mol. The fourth-order valence-electron chi connectivity index (χ4n) is 0.404. The highest BCUT2D eigenvalue weighted by molar-refractivity contribution is 5.85. The van der Waals surface area contributed by atoms with Crippen LogP contribution in [0, 0.1) is 0 Å². The fourth-order valence-corrected chi connectivity index (χ4v) is 0.404. The van der Waals surface area contributed by atoms with Gasteiger partial charge in [0.05, 0.1) is 0 Å². The van der Waals surface area contributed by atoms with E-state index in [2.05, 4.69) is 12.2 Å². The quantitative estimate of drug-likeness (QED) is 0.620. The van der Waals surface area contributed by atoms with E-state index < -0.39 is 0 Å². The van der Waals surface area contributed by atoms with Crippen LogP contribution in [0.2, 0.25) is 0 Å². The van der Waals surface area contributed by atoms with Crippen LogP contribution in [0.25, 0.3) is 0 Å². The molecule has 0 bridgehead atoms. The van der Waals surface area contributed by atoms with Gasteiger partial charge in [0.15, 0.2) is 0 Å². The lowest BCUT2D eigenvalue weighted by molar-refractivity contribution is 0.679. The zero-order valence-electron chi connectivity index (χ0n) is 5.72. The molecule has 0 aliphatic rings. The molecule has 0 unspecified atom stereocenters. The van der Waals surface area contributed by atoms with Gasteiger partial charge in [0.25, 0.3) is 0 Å². The standard InChI is InChI=1S/C5H14N2.2ClH/c1-2-7-5-3-4-6;;/h7H,2-6H2,1H3;2*1H. The Morgan fingerprint density at radius 1 is 1.33 bits per heavy atom. The second-order valence-corrected chi connectivity index (χ2v) is 1.50. The van der Waals surface area contributed by atoms with Crippen molar-refractivity contribution in [3.8, 4) is 0 Å². The van der Waals surface area contributed by atoms with Gasteiger partial charge in [0.2, 0.25) is 0 Å². The molecule has 0 spiro atoms. The first-order valence-electron chi connectivity index (χ1n) is 2.82. The molecule has 0 aromatic rings. The Bertz CT molecular complexity index is 32.1. The van der Waals surface area contributed by atoms with Crippen molar-refractivity contribution in [2.24, 2.45) is 5.73 Å². The van der Waals surface area contributed by atoms with Crippen LogP contribution in [0.1, 0.15) is 13.3 Å². The molecule has 0 aliphatic carbocycles. The van der Waals surface area contributed by atoms with Gasteiger partial charge in [-0.2, -0.15) is 0 Å². The highest BCUT2D eigenvalue weighted by atomic mass is 35.5. The zero-order chi connectivity index (χ0) is 5.54. The summed E-state index contributed by atoms with van der Waals surface area (Å²) in [5, 5.41) is 3.17. The Balaban J connectivity index is -0.000000180. The topological polar surface area (TPSA) is 38.0 Å². The summed E-state index contributed by atoms with van der Waals surface area (Å²) in [6.45, 7) is 5.01. The van der Waals surface area contributed by atoms with Gasteiger partial charge in [-0.3, -0.25) is 0 Å². The molecule has 0 aromatic heterocycles. The number of nitrogens with one attached hydrogen (secondary N) is 1. The summed E-state index contributed by atoms with van der Waals surface area (Å²) >= 11 is 0. The molecule has 0 rings (SSSR count). The van der Waals surface area contributed by atoms with Crippen molar-refractivity contribution in [2.75, 3.05) is 19.6 Å². The van der Waals surface area contributed by atoms with Gasteiger partial charge in [-0.25, -0.2) is 0 Å². The van der Waals surface area contributed by atoms with Crippen LogP contribution in [0.15, 0.2) is 0 Å². The van der Waals surface area contributed by atoms with Crippen molar-refractivity contribution in [3.05, 3.63) is 0 Å². The van der Waals surface area contributed by atoms with E-state index in [0.717, 1.165) is 26.1 Å². The van der Waals surface area contributed by atoms with Gasteiger partial charge < -0.3 is 11.1 Å². The molecule has 0 amide bonds. The molecule has 9 heavy (non-hydrogen) atoms. The molecular formula is C5H16Cl2N2. The first-order chi connectivity index (χ1) is 3.41. The van der Waals surface area contributed by atoms with E-state index in [4.69, 9.17) is 5.73 Å². The van der Waals surface area contributed by atoms with Crippen LogP contribution < -0.4 is 11.1 Å². The molecule has 0 saturated carbocycles. The number of nitrogens with two attached hydrogens (primary N) is 1. The Kier molecular flexibility index (Phi) is 28.5. The van der Waals surface area contributed by atoms with Gasteiger partial charge in [0.1, 0.15) is 0 Å². The first kappa shape index (κ1) is 16.2. The molecule has 3 N–H and O–H groups in total. The van der Waals surface area contributed by atoms with Crippen molar-refractivity contribution in [3.63, 3.8) is 0 Å². The number of hydrogen-bond donors (Lipinski definition) is 2. The van der Waals surface area contributed by atoms with E-state index in [9.17, 15) is 0 Å². The molecular weight excluding hydrogens is 159 g/mol. The largest absolute Gasteiger partial charge is 0.330 e. The predicted molar refractivity (Wildman–Crippen MR) is 46.7 cm³/mol.